The molecule has 2 saturated heterocycles. The number of benzene rings is 1. The number of piperazine rings is 1. The van der Waals surface area contributed by atoms with Crippen LogP contribution >= 0.6 is 11.6 Å². The minimum atomic E-state index is -0.275. The Labute approximate surface area is 237 Å². The van der Waals surface area contributed by atoms with Gasteiger partial charge in [-0.1, -0.05) is 49.7 Å². The van der Waals surface area contributed by atoms with E-state index in [1.54, 1.807) is 18.3 Å². The first-order chi connectivity index (χ1) is 19.3. The van der Waals surface area contributed by atoms with Gasteiger partial charge >= 0.3 is 0 Å². The number of ether oxygens (including phenoxy) is 1. The number of imidazole rings is 1. The van der Waals surface area contributed by atoms with Gasteiger partial charge in [0.25, 0.3) is 5.91 Å². The van der Waals surface area contributed by atoms with Crippen LogP contribution in [0.15, 0.2) is 54.9 Å². The number of carbonyl (C=O) groups excluding carboxylic acids is 2. The third-order valence-corrected chi connectivity index (χ3v) is 8.15. The molecular weight excluding hydrogens is 528 g/mol. The van der Waals surface area contributed by atoms with Crippen molar-refractivity contribution < 1.29 is 14.3 Å². The minimum Gasteiger partial charge on any atom is -0.481 e. The fourth-order valence-corrected chi connectivity index (χ4v) is 6.09. The van der Waals surface area contributed by atoms with Crippen LogP contribution in [0, 0.1) is 0 Å². The number of likely N-dealkylation sites (tertiary alicyclic amines) is 1. The Kier molecular flexibility index (Phi) is 7.02. The number of carbonyl (C=O) groups is 2. The molecule has 10 heteroatoms. The first kappa shape index (κ1) is 26.4. The Bertz CT molecular complexity index is 1570. The van der Waals surface area contributed by atoms with Crippen LogP contribution in [0.2, 0.25) is 5.02 Å². The van der Waals surface area contributed by atoms with Crippen LogP contribution in [0.4, 0.5) is 0 Å². The van der Waals surface area contributed by atoms with Gasteiger partial charge in [-0.3, -0.25) is 18.9 Å². The molecule has 2 aliphatic heterocycles. The second-order valence-electron chi connectivity index (χ2n) is 10.8. The number of hydrogen-bond acceptors (Lipinski definition) is 7. The van der Waals surface area contributed by atoms with Crippen LogP contribution in [0.25, 0.3) is 17.0 Å². The molecule has 0 spiro atoms. The molecular formula is C30H31ClN6O3. The van der Waals surface area contributed by atoms with E-state index in [1.807, 2.05) is 21.6 Å². The topological polar surface area (TPSA) is 92.9 Å². The first-order valence-electron chi connectivity index (χ1n) is 13.5. The van der Waals surface area contributed by atoms with E-state index in [0.29, 0.717) is 50.1 Å². The zero-order valence-corrected chi connectivity index (χ0v) is 23.5. The summed E-state index contributed by atoms with van der Waals surface area (Å²) < 4.78 is 7.25. The standard InChI is InChI=1S/C30H31ClN6O3/c1-18(2)19-5-7-20(8-6-19)27-25(36-12-4-11-32-30(36)34-27)17-35-15-21-13-23(38)14-22(16-35)37(21)29(39)28-24(31)9-10-26(33-28)40-3/h4-12,18,21-22H,13-17H2,1-3H3. The Morgan fingerprint density at radius 1 is 1.07 bits per heavy atom. The van der Waals surface area contributed by atoms with E-state index < -0.39 is 0 Å². The number of fused-ring (bicyclic) bond motifs is 3. The molecule has 4 aromatic rings. The van der Waals surface area contributed by atoms with Crippen LogP contribution in [0.3, 0.4) is 0 Å². The second-order valence-corrected chi connectivity index (χ2v) is 11.2. The lowest BCUT2D eigenvalue weighted by Crippen LogP contribution is -2.64. The number of aromatic nitrogens is 4. The van der Waals surface area contributed by atoms with Crippen molar-refractivity contribution in [1.82, 2.24) is 29.2 Å². The van der Waals surface area contributed by atoms with Gasteiger partial charge in [0.1, 0.15) is 5.78 Å². The number of halogens is 1. The molecule has 3 aromatic heterocycles. The van der Waals surface area contributed by atoms with Crippen molar-refractivity contribution in [3.8, 4) is 17.1 Å². The van der Waals surface area contributed by atoms with Gasteiger partial charge in [-0.2, -0.15) is 0 Å². The lowest BCUT2D eigenvalue weighted by atomic mass is 9.89. The molecule has 0 aliphatic carbocycles. The lowest BCUT2D eigenvalue weighted by molar-refractivity contribution is -0.127. The maximum Gasteiger partial charge on any atom is 0.274 e. The van der Waals surface area contributed by atoms with Crippen LogP contribution < -0.4 is 4.74 Å². The predicted octanol–water partition coefficient (Wildman–Crippen LogP) is 4.63. The Balaban J connectivity index is 1.30. The van der Waals surface area contributed by atoms with E-state index in [-0.39, 0.29) is 34.5 Å². The summed E-state index contributed by atoms with van der Waals surface area (Å²) in [5.41, 5.74) is 4.38. The average Bonchev–Trinajstić information content (AvgIpc) is 3.30. The van der Waals surface area contributed by atoms with Gasteiger partial charge in [0.2, 0.25) is 11.7 Å². The highest BCUT2D eigenvalue weighted by molar-refractivity contribution is 6.33. The quantitative estimate of drug-likeness (QED) is 0.340. The lowest BCUT2D eigenvalue weighted by Gasteiger charge is -2.49. The normalized spacial score (nSPS) is 19.4. The largest absolute Gasteiger partial charge is 0.481 e. The van der Waals surface area contributed by atoms with Crippen molar-refractivity contribution in [3.05, 3.63) is 76.8 Å². The predicted molar refractivity (Wildman–Crippen MR) is 152 cm³/mol. The fourth-order valence-electron chi connectivity index (χ4n) is 5.91. The highest BCUT2D eigenvalue weighted by Gasteiger charge is 2.44. The van der Waals surface area contributed by atoms with Crippen LogP contribution in [0.5, 0.6) is 5.88 Å². The molecule has 0 N–H and O–H groups in total. The SMILES string of the molecule is COc1ccc(Cl)c(C(=O)N2C3CC(=O)CC2CN(Cc2c(-c4ccc(C(C)C)cc4)nc4ncccn24)C3)n1. The van der Waals surface area contributed by atoms with E-state index in [1.165, 1.54) is 12.7 Å². The molecule has 1 amide bonds. The van der Waals surface area contributed by atoms with E-state index in [0.717, 1.165) is 17.0 Å². The maximum absolute atomic E-state index is 13.7. The maximum atomic E-state index is 13.7. The Morgan fingerprint density at radius 3 is 2.48 bits per heavy atom. The van der Waals surface area contributed by atoms with Crippen molar-refractivity contribution >= 4 is 29.1 Å². The van der Waals surface area contributed by atoms with Gasteiger partial charge in [-0.25, -0.2) is 15.0 Å². The number of amides is 1. The van der Waals surface area contributed by atoms with E-state index >= 15 is 0 Å². The van der Waals surface area contributed by atoms with Crippen LogP contribution in [-0.4, -0.2) is 73.1 Å². The number of Topliss-reactive ketones (excluding diaryl/α,β-unsaturated/α-hetero) is 1. The molecule has 40 heavy (non-hydrogen) atoms. The molecule has 6 rings (SSSR count). The smallest absolute Gasteiger partial charge is 0.274 e. The number of piperidine rings is 1. The summed E-state index contributed by atoms with van der Waals surface area (Å²) in [4.78, 5) is 44.1. The number of hydrogen-bond donors (Lipinski definition) is 0. The van der Waals surface area contributed by atoms with Gasteiger partial charge in [-0.05, 0) is 23.6 Å². The number of rotatable bonds is 6. The van der Waals surface area contributed by atoms with Gasteiger partial charge in [-0.15, -0.1) is 0 Å². The molecule has 2 atom stereocenters. The highest BCUT2D eigenvalue weighted by Crippen LogP contribution is 2.33. The summed E-state index contributed by atoms with van der Waals surface area (Å²) in [5.74, 6) is 1.31. The Hall–Kier alpha value is -3.82. The minimum absolute atomic E-state index is 0.152. The number of pyridine rings is 1. The molecule has 2 fully saturated rings. The first-order valence-corrected chi connectivity index (χ1v) is 13.9. The van der Waals surface area contributed by atoms with Gasteiger partial charge < -0.3 is 9.64 Å². The molecule has 2 unspecified atom stereocenters. The number of nitrogens with zero attached hydrogens (tertiary/aromatic N) is 6. The molecule has 206 valence electrons. The fraction of sp³-hybridized carbons (Fsp3) is 0.367. The van der Waals surface area contributed by atoms with E-state index in [2.05, 4.69) is 53.0 Å². The summed E-state index contributed by atoms with van der Waals surface area (Å²) in [7, 11) is 1.50. The zero-order valence-electron chi connectivity index (χ0n) is 22.7. The van der Waals surface area contributed by atoms with Crippen LogP contribution in [-0.2, 0) is 11.3 Å². The number of methoxy groups -OCH3 is 1. The third-order valence-electron chi connectivity index (χ3n) is 7.84. The van der Waals surface area contributed by atoms with Crippen molar-refractivity contribution in [1.29, 1.82) is 0 Å². The zero-order chi connectivity index (χ0) is 28.0. The third kappa shape index (κ3) is 4.84. The molecule has 2 aliphatic rings. The summed E-state index contributed by atoms with van der Waals surface area (Å²) in [6.07, 6.45) is 4.34. The van der Waals surface area contributed by atoms with E-state index in [9.17, 15) is 9.59 Å². The van der Waals surface area contributed by atoms with E-state index in [4.69, 9.17) is 21.3 Å². The molecule has 2 bridgehead atoms. The summed E-state index contributed by atoms with van der Waals surface area (Å²) in [6.45, 7) is 6.07. The van der Waals surface area contributed by atoms with Gasteiger partial charge in [0.15, 0.2) is 5.69 Å². The highest BCUT2D eigenvalue weighted by atomic mass is 35.5. The summed E-state index contributed by atoms with van der Waals surface area (Å²) >= 11 is 6.38. The van der Waals surface area contributed by atoms with Gasteiger partial charge in [0.05, 0.1) is 35.6 Å². The van der Waals surface area contributed by atoms with Crippen molar-refractivity contribution in [2.45, 2.75) is 51.2 Å². The Morgan fingerprint density at radius 2 is 1.80 bits per heavy atom. The molecule has 1 aromatic carbocycles. The second kappa shape index (κ2) is 10.6. The van der Waals surface area contributed by atoms with Crippen molar-refractivity contribution in [3.63, 3.8) is 0 Å². The molecule has 0 radical (unpaired) electrons. The number of ketones is 1. The van der Waals surface area contributed by atoms with Crippen LogP contribution in [0.1, 0.15) is 54.4 Å². The average molecular weight is 559 g/mol. The summed E-state index contributed by atoms with van der Waals surface area (Å²) in [6, 6.07) is 13.1. The molecule has 5 heterocycles. The summed E-state index contributed by atoms with van der Waals surface area (Å²) in [5, 5.41) is 0.268. The molecule has 0 saturated carbocycles. The monoisotopic (exact) mass is 558 g/mol. The van der Waals surface area contributed by atoms with Crippen molar-refractivity contribution in [2.24, 2.45) is 0 Å². The molecule has 9 nitrogen and oxygen atoms in total. The van der Waals surface area contributed by atoms with Crippen molar-refractivity contribution in [2.75, 3.05) is 20.2 Å². The van der Waals surface area contributed by atoms with Gasteiger partial charge in [0, 0.05) is 56.5 Å².